The third-order valence-electron chi connectivity index (χ3n) is 1.34. The van der Waals surface area contributed by atoms with Crippen molar-refractivity contribution in [3.63, 3.8) is 0 Å². The summed E-state index contributed by atoms with van der Waals surface area (Å²) in [6, 6.07) is 0. The standard InChI is InChI=1S/C8H17NO2S/c1-6-12(10,11)9(5)7-8(2,3)4/h6H,1,7H2,2-5H3. The molecule has 0 bridgehead atoms. The SMILES string of the molecule is C=CS(=O)(=O)N(C)CC(C)(C)C. The van der Waals surface area contributed by atoms with Gasteiger partial charge >= 0.3 is 0 Å². The van der Waals surface area contributed by atoms with Gasteiger partial charge in [0.15, 0.2) is 0 Å². The Labute approximate surface area is 75.1 Å². The molecule has 0 radical (unpaired) electrons. The molecule has 0 N–H and O–H groups in total. The average Bonchev–Trinajstić information content (AvgIpc) is 1.84. The van der Waals surface area contributed by atoms with Crippen molar-refractivity contribution in [1.82, 2.24) is 4.31 Å². The minimum Gasteiger partial charge on any atom is -0.208 e. The van der Waals surface area contributed by atoms with E-state index in [0.29, 0.717) is 6.54 Å². The summed E-state index contributed by atoms with van der Waals surface area (Å²) < 4.78 is 23.7. The van der Waals surface area contributed by atoms with Crippen LogP contribution >= 0.6 is 0 Å². The zero-order chi connectivity index (χ0) is 9.99. The average molecular weight is 191 g/mol. The molecule has 0 amide bonds. The first-order valence-corrected chi connectivity index (χ1v) is 5.28. The molecule has 0 atom stereocenters. The third kappa shape index (κ3) is 3.88. The van der Waals surface area contributed by atoms with Crippen LogP contribution in [0.3, 0.4) is 0 Å². The first kappa shape index (κ1) is 11.6. The van der Waals surface area contributed by atoms with E-state index in [-0.39, 0.29) is 5.41 Å². The maximum absolute atomic E-state index is 11.2. The van der Waals surface area contributed by atoms with Gasteiger partial charge in [-0.25, -0.2) is 12.7 Å². The lowest BCUT2D eigenvalue weighted by Crippen LogP contribution is -2.33. The third-order valence-corrected chi connectivity index (χ3v) is 2.76. The summed E-state index contributed by atoms with van der Waals surface area (Å²) in [4.78, 5) is 0. The molecule has 72 valence electrons. The highest BCUT2D eigenvalue weighted by atomic mass is 32.2. The molecular weight excluding hydrogens is 174 g/mol. The Morgan fingerprint density at radius 3 is 2.08 bits per heavy atom. The van der Waals surface area contributed by atoms with Crippen LogP contribution in [-0.2, 0) is 10.0 Å². The Morgan fingerprint density at radius 2 is 1.83 bits per heavy atom. The van der Waals surface area contributed by atoms with Crippen molar-refractivity contribution in [2.24, 2.45) is 5.41 Å². The van der Waals surface area contributed by atoms with Crippen LogP contribution in [0.15, 0.2) is 12.0 Å². The van der Waals surface area contributed by atoms with Gasteiger partial charge in [-0.05, 0) is 5.41 Å². The van der Waals surface area contributed by atoms with Crippen LogP contribution in [-0.4, -0.2) is 26.3 Å². The van der Waals surface area contributed by atoms with E-state index in [1.165, 1.54) is 4.31 Å². The molecule has 0 saturated carbocycles. The van der Waals surface area contributed by atoms with Crippen molar-refractivity contribution in [2.75, 3.05) is 13.6 Å². The lowest BCUT2D eigenvalue weighted by Gasteiger charge is -2.24. The van der Waals surface area contributed by atoms with Gasteiger partial charge in [0.2, 0.25) is 10.0 Å². The fourth-order valence-corrected chi connectivity index (χ4v) is 1.71. The summed E-state index contributed by atoms with van der Waals surface area (Å²) >= 11 is 0. The zero-order valence-corrected chi connectivity index (χ0v) is 8.98. The molecule has 0 aromatic rings. The van der Waals surface area contributed by atoms with Gasteiger partial charge < -0.3 is 0 Å². The van der Waals surface area contributed by atoms with Gasteiger partial charge in [0.05, 0.1) is 0 Å². The van der Waals surface area contributed by atoms with Gasteiger partial charge in [0.25, 0.3) is 0 Å². The van der Waals surface area contributed by atoms with Gasteiger partial charge in [-0.2, -0.15) is 0 Å². The van der Waals surface area contributed by atoms with Crippen molar-refractivity contribution >= 4 is 10.0 Å². The zero-order valence-electron chi connectivity index (χ0n) is 8.16. The monoisotopic (exact) mass is 191 g/mol. The molecular formula is C8H17NO2S. The van der Waals surface area contributed by atoms with Crippen molar-refractivity contribution < 1.29 is 8.42 Å². The van der Waals surface area contributed by atoms with Gasteiger partial charge in [0, 0.05) is 19.0 Å². The van der Waals surface area contributed by atoms with Crippen LogP contribution < -0.4 is 0 Å². The van der Waals surface area contributed by atoms with E-state index < -0.39 is 10.0 Å². The number of nitrogens with zero attached hydrogens (tertiary/aromatic N) is 1. The molecule has 0 unspecified atom stereocenters. The summed E-state index contributed by atoms with van der Waals surface area (Å²) in [6.45, 7) is 9.72. The second-order valence-corrected chi connectivity index (χ2v) is 6.01. The molecule has 0 saturated heterocycles. The summed E-state index contributed by atoms with van der Waals surface area (Å²) in [6.07, 6.45) is 0. The summed E-state index contributed by atoms with van der Waals surface area (Å²) in [5.41, 5.74) is -0.0230. The van der Waals surface area contributed by atoms with Crippen LogP contribution in [0.25, 0.3) is 0 Å². The molecule has 0 rings (SSSR count). The van der Waals surface area contributed by atoms with Gasteiger partial charge in [-0.3, -0.25) is 0 Å². The quantitative estimate of drug-likeness (QED) is 0.677. The predicted octanol–water partition coefficient (Wildman–Crippen LogP) is 1.44. The Balaban J connectivity index is 4.44. The van der Waals surface area contributed by atoms with Gasteiger partial charge in [-0.15, -0.1) is 0 Å². The van der Waals surface area contributed by atoms with E-state index >= 15 is 0 Å². The minimum absolute atomic E-state index is 0.0230. The summed E-state index contributed by atoms with van der Waals surface area (Å²) in [5, 5.41) is 0.971. The van der Waals surface area contributed by atoms with Crippen molar-refractivity contribution in [2.45, 2.75) is 20.8 Å². The fraction of sp³-hybridized carbons (Fsp3) is 0.750. The number of rotatable bonds is 3. The highest BCUT2D eigenvalue weighted by molar-refractivity contribution is 7.91. The van der Waals surface area contributed by atoms with Crippen LogP contribution in [0, 0.1) is 5.41 Å². The molecule has 3 nitrogen and oxygen atoms in total. The smallest absolute Gasteiger partial charge is 0.208 e. The van der Waals surface area contributed by atoms with Crippen LogP contribution in [0.1, 0.15) is 20.8 Å². The number of hydrogen-bond donors (Lipinski definition) is 0. The molecule has 0 spiro atoms. The Morgan fingerprint density at radius 1 is 1.42 bits per heavy atom. The maximum Gasteiger partial charge on any atom is 0.235 e. The Bertz CT molecular complexity index is 249. The molecule has 0 aliphatic carbocycles. The normalized spacial score (nSPS) is 13.4. The fourth-order valence-electron chi connectivity index (χ4n) is 0.885. The topological polar surface area (TPSA) is 37.4 Å². The first-order valence-electron chi connectivity index (χ1n) is 3.78. The minimum atomic E-state index is -3.23. The molecule has 0 aliphatic rings. The van der Waals surface area contributed by atoms with Gasteiger partial charge in [0.1, 0.15) is 0 Å². The van der Waals surface area contributed by atoms with E-state index in [0.717, 1.165) is 5.41 Å². The number of hydrogen-bond acceptors (Lipinski definition) is 2. The van der Waals surface area contributed by atoms with Crippen molar-refractivity contribution in [3.8, 4) is 0 Å². The largest absolute Gasteiger partial charge is 0.235 e. The summed E-state index contributed by atoms with van der Waals surface area (Å²) in [7, 11) is -1.68. The van der Waals surface area contributed by atoms with E-state index in [2.05, 4.69) is 6.58 Å². The predicted molar refractivity (Wildman–Crippen MR) is 51.2 cm³/mol. The molecule has 4 heteroatoms. The van der Waals surface area contributed by atoms with Crippen LogP contribution in [0.4, 0.5) is 0 Å². The first-order chi connectivity index (χ1) is 5.19. The Kier molecular flexibility index (Phi) is 3.47. The lowest BCUT2D eigenvalue weighted by atomic mass is 9.97. The second kappa shape index (κ2) is 3.58. The van der Waals surface area contributed by atoms with Crippen LogP contribution in [0.2, 0.25) is 0 Å². The number of sulfonamides is 1. The van der Waals surface area contributed by atoms with E-state index in [1.54, 1.807) is 7.05 Å². The Hall–Kier alpha value is -0.350. The maximum atomic E-state index is 11.2. The molecule has 0 aliphatic heterocycles. The van der Waals surface area contributed by atoms with E-state index in [4.69, 9.17) is 0 Å². The van der Waals surface area contributed by atoms with Gasteiger partial charge in [-0.1, -0.05) is 27.4 Å². The molecule has 0 aromatic carbocycles. The van der Waals surface area contributed by atoms with E-state index in [9.17, 15) is 8.42 Å². The molecule has 12 heavy (non-hydrogen) atoms. The van der Waals surface area contributed by atoms with Crippen molar-refractivity contribution in [1.29, 1.82) is 0 Å². The van der Waals surface area contributed by atoms with Crippen molar-refractivity contribution in [3.05, 3.63) is 12.0 Å². The molecule has 0 aromatic heterocycles. The molecule has 0 heterocycles. The van der Waals surface area contributed by atoms with E-state index in [1.807, 2.05) is 20.8 Å². The lowest BCUT2D eigenvalue weighted by molar-refractivity contribution is 0.313. The highest BCUT2D eigenvalue weighted by Gasteiger charge is 2.20. The highest BCUT2D eigenvalue weighted by Crippen LogP contribution is 2.16. The second-order valence-electron chi connectivity index (χ2n) is 4.03. The summed E-state index contributed by atoms with van der Waals surface area (Å²) in [5.74, 6) is 0. The van der Waals surface area contributed by atoms with Crippen LogP contribution in [0.5, 0.6) is 0 Å². The molecule has 0 fully saturated rings.